The first-order chi connectivity index (χ1) is 15.5. The summed E-state index contributed by atoms with van der Waals surface area (Å²) in [7, 11) is -0.744. The largest absolute Gasteiger partial charge is 0.497 e. The van der Waals surface area contributed by atoms with Gasteiger partial charge in [-0.25, -0.2) is 13.6 Å². The number of alkyl halides is 3. The van der Waals surface area contributed by atoms with Gasteiger partial charge in [0.15, 0.2) is 0 Å². The molecule has 0 spiro atoms. The Balaban J connectivity index is 1.89. The zero-order valence-corrected chi connectivity index (χ0v) is 18.8. The van der Waals surface area contributed by atoms with Crippen LogP contribution in [0, 0.1) is 0 Å². The van der Waals surface area contributed by atoms with E-state index in [1.54, 1.807) is 42.5 Å². The molecule has 0 saturated heterocycles. The van der Waals surface area contributed by atoms with Gasteiger partial charge in [0.25, 0.3) is 0 Å². The maximum absolute atomic E-state index is 12.8. The van der Waals surface area contributed by atoms with Crippen LogP contribution in [0.15, 0.2) is 60.8 Å². The molecule has 2 N–H and O–H groups in total. The lowest BCUT2D eigenvalue weighted by Crippen LogP contribution is -2.23. The van der Waals surface area contributed by atoms with Crippen LogP contribution in [0.2, 0.25) is 0 Å². The number of benzene rings is 2. The predicted octanol–water partition coefficient (Wildman–Crippen LogP) is 4.40. The lowest BCUT2D eigenvalue weighted by atomic mass is 9.92. The van der Waals surface area contributed by atoms with Gasteiger partial charge in [-0.1, -0.05) is 30.3 Å². The third-order valence-corrected chi connectivity index (χ3v) is 6.03. The summed E-state index contributed by atoms with van der Waals surface area (Å²) in [6.07, 6.45) is -3.34. The van der Waals surface area contributed by atoms with E-state index < -0.39 is 27.7 Å². The molecule has 1 unspecified atom stereocenters. The second kappa shape index (κ2) is 9.80. The van der Waals surface area contributed by atoms with Crippen LogP contribution in [0.25, 0.3) is 11.3 Å². The molecule has 0 radical (unpaired) electrons. The smallest absolute Gasteiger partial charge is 0.417 e. The molecule has 176 valence electrons. The van der Waals surface area contributed by atoms with Crippen LogP contribution < -0.4 is 14.6 Å². The SMILES string of the molecule is COc1ccc(CC(CS(N)(=O)=O)c2ccc(-c3ccc(C(F)(F)F)cn3)cc2)c(OC)c1. The van der Waals surface area contributed by atoms with Crippen LogP contribution in [0.1, 0.15) is 22.6 Å². The van der Waals surface area contributed by atoms with Crippen molar-refractivity contribution in [3.8, 4) is 22.8 Å². The maximum atomic E-state index is 12.8. The first kappa shape index (κ1) is 24.5. The lowest BCUT2D eigenvalue weighted by molar-refractivity contribution is -0.137. The molecule has 0 aliphatic rings. The normalized spacial score (nSPS) is 12.9. The van der Waals surface area contributed by atoms with Crippen molar-refractivity contribution in [3.63, 3.8) is 0 Å². The van der Waals surface area contributed by atoms with Crippen LogP contribution in [0.5, 0.6) is 11.5 Å². The number of sulfonamides is 1. The Labute approximate surface area is 190 Å². The highest BCUT2D eigenvalue weighted by Crippen LogP contribution is 2.32. The number of hydrogen-bond acceptors (Lipinski definition) is 5. The van der Waals surface area contributed by atoms with Crippen molar-refractivity contribution in [1.82, 2.24) is 4.98 Å². The van der Waals surface area contributed by atoms with E-state index >= 15 is 0 Å². The molecule has 0 bridgehead atoms. The summed E-state index contributed by atoms with van der Waals surface area (Å²) < 4.78 is 72.7. The molecule has 33 heavy (non-hydrogen) atoms. The molecule has 1 aromatic heterocycles. The summed E-state index contributed by atoms with van der Waals surface area (Å²) in [5.41, 5.74) is 1.63. The number of methoxy groups -OCH3 is 2. The second-order valence-electron chi connectivity index (χ2n) is 7.46. The molecule has 6 nitrogen and oxygen atoms in total. The summed E-state index contributed by atoms with van der Waals surface area (Å²) in [4.78, 5) is 3.89. The van der Waals surface area contributed by atoms with Crippen molar-refractivity contribution in [2.24, 2.45) is 5.14 Å². The zero-order chi connectivity index (χ0) is 24.2. The minimum Gasteiger partial charge on any atom is -0.497 e. The number of hydrogen-bond donors (Lipinski definition) is 1. The number of nitrogens with two attached hydrogens (primary N) is 1. The fourth-order valence-electron chi connectivity index (χ4n) is 3.50. The number of aromatic nitrogens is 1. The van der Waals surface area contributed by atoms with Gasteiger partial charge in [0, 0.05) is 23.7 Å². The second-order valence-corrected chi connectivity index (χ2v) is 9.12. The number of rotatable bonds is 8. The van der Waals surface area contributed by atoms with Crippen molar-refractivity contribution in [3.05, 3.63) is 77.5 Å². The third kappa shape index (κ3) is 6.45. The molecule has 2 aromatic carbocycles. The Morgan fingerprint density at radius 2 is 1.70 bits per heavy atom. The molecule has 0 aliphatic heterocycles. The molecule has 3 rings (SSSR count). The van der Waals surface area contributed by atoms with Gasteiger partial charge in [0.05, 0.1) is 31.2 Å². The Hall–Kier alpha value is -3.11. The van der Waals surface area contributed by atoms with E-state index in [9.17, 15) is 21.6 Å². The highest BCUT2D eigenvalue weighted by atomic mass is 32.2. The molecule has 1 atom stereocenters. The Kier molecular flexibility index (Phi) is 7.28. The summed E-state index contributed by atoms with van der Waals surface area (Å²) in [6.45, 7) is 0. The van der Waals surface area contributed by atoms with Crippen molar-refractivity contribution in [2.45, 2.75) is 18.5 Å². The fraction of sp³-hybridized carbons (Fsp3) is 0.261. The van der Waals surface area contributed by atoms with Crippen molar-refractivity contribution < 1.29 is 31.1 Å². The first-order valence-corrected chi connectivity index (χ1v) is 11.6. The Morgan fingerprint density at radius 3 is 2.21 bits per heavy atom. The zero-order valence-electron chi connectivity index (χ0n) is 18.0. The summed E-state index contributed by atoms with van der Waals surface area (Å²) in [6, 6.07) is 14.3. The topological polar surface area (TPSA) is 91.5 Å². The number of ether oxygens (including phenoxy) is 2. The van der Waals surface area contributed by atoms with Crippen LogP contribution >= 0.6 is 0 Å². The quantitative estimate of drug-likeness (QED) is 0.516. The van der Waals surface area contributed by atoms with Gasteiger partial charge < -0.3 is 9.47 Å². The fourth-order valence-corrected chi connectivity index (χ4v) is 4.37. The molecule has 0 aliphatic carbocycles. The highest BCUT2D eigenvalue weighted by Gasteiger charge is 2.30. The van der Waals surface area contributed by atoms with Gasteiger partial charge in [-0.3, -0.25) is 4.98 Å². The number of primary sulfonamides is 1. The van der Waals surface area contributed by atoms with E-state index in [1.165, 1.54) is 20.3 Å². The van der Waals surface area contributed by atoms with Crippen LogP contribution in [0.4, 0.5) is 13.2 Å². The summed E-state index contributed by atoms with van der Waals surface area (Å²) in [5, 5.41) is 5.33. The number of nitrogens with zero attached hydrogens (tertiary/aromatic N) is 1. The van der Waals surface area contributed by atoms with Crippen molar-refractivity contribution >= 4 is 10.0 Å². The van der Waals surface area contributed by atoms with Crippen LogP contribution in [-0.4, -0.2) is 33.4 Å². The van der Waals surface area contributed by atoms with Gasteiger partial charge in [-0.15, -0.1) is 0 Å². The molecule has 0 fully saturated rings. The number of pyridine rings is 1. The summed E-state index contributed by atoms with van der Waals surface area (Å²) in [5.74, 6) is 0.392. The minimum atomic E-state index is -4.46. The standard InChI is InChI=1S/C23H23F3N2O4S/c1-31-20-9-7-17(22(12-20)32-2)11-18(14-33(27,29)30)15-3-5-16(6-4-15)21-10-8-19(13-28-21)23(24,25)26/h3-10,12-13,18H,11,14H2,1-2H3,(H2,27,29,30). The average molecular weight is 481 g/mol. The molecule has 10 heteroatoms. The van der Waals surface area contributed by atoms with Gasteiger partial charge in [-0.2, -0.15) is 13.2 Å². The van der Waals surface area contributed by atoms with Gasteiger partial charge in [-0.05, 0) is 35.7 Å². The molecule has 0 saturated carbocycles. The molecular weight excluding hydrogens is 457 g/mol. The van der Waals surface area contributed by atoms with E-state index in [2.05, 4.69) is 4.98 Å². The maximum Gasteiger partial charge on any atom is 0.417 e. The van der Waals surface area contributed by atoms with Gasteiger partial charge in [0.1, 0.15) is 11.5 Å². The lowest BCUT2D eigenvalue weighted by Gasteiger charge is -2.19. The summed E-state index contributed by atoms with van der Waals surface area (Å²) >= 11 is 0. The van der Waals surface area contributed by atoms with E-state index in [4.69, 9.17) is 14.6 Å². The minimum absolute atomic E-state index is 0.292. The van der Waals surface area contributed by atoms with E-state index in [1.807, 2.05) is 0 Å². The third-order valence-electron chi connectivity index (χ3n) is 5.16. The van der Waals surface area contributed by atoms with Crippen LogP contribution in [0.3, 0.4) is 0 Å². The monoisotopic (exact) mass is 480 g/mol. The van der Waals surface area contributed by atoms with E-state index in [0.717, 1.165) is 17.8 Å². The Bertz CT molecular complexity index is 1200. The van der Waals surface area contributed by atoms with Crippen molar-refractivity contribution in [1.29, 1.82) is 0 Å². The average Bonchev–Trinajstić information content (AvgIpc) is 2.77. The van der Waals surface area contributed by atoms with E-state index in [0.29, 0.717) is 34.7 Å². The van der Waals surface area contributed by atoms with Gasteiger partial charge in [0.2, 0.25) is 10.0 Å². The Morgan fingerprint density at radius 1 is 1.00 bits per heavy atom. The molecule has 1 heterocycles. The molecule has 0 amide bonds. The molecule has 3 aromatic rings. The highest BCUT2D eigenvalue weighted by molar-refractivity contribution is 7.89. The van der Waals surface area contributed by atoms with Crippen molar-refractivity contribution in [2.75, 3.05) is 20.0 Å². The van der Waals surface area contributed by atoms with Crippen LogP contribution in [-0.2, 0) is 22.6 Å². The number of halogens is 3. The molecular formula is C23H23F3N2O4S. The predicted molar refractivity (Wildman–Crippen MR) is 119 cm³/mol. The first-order valence-electron chi connectivity index (χ1n) is 9.85. The van der Waals surface area contributed by atoms with E-state index in [-0.39, 0.29) is 5.75 Å². The van der Waals surface area contributed by atoms with Gasteiger partial charge >= 0.3 is 6.18 Å².